The first kappa shape index (κ1) is 13.8. The summed E-state index contributed by atoms with van der Waals surface area (Å²) in [7, 11) is 0. The summed E-state index contributed by atoms with van der Waals surface area (Å²) in [5.41, 5.74) is 2.41. The van der Waals surface area contributed by atoms with Crippen LogP contribution in [0.15, 0.2) is 22.7 Å². The molecule has 0 saturated heterocycles. The number of fused-ring (bicyclic) bond motifs is 1. The first-order valence-electron chi connectivity index (χ1n) is 6.02. The van der Waals surface area contributed by atoms with Crippen LogP contribution < -0.4 is 0 Å². The maximum Gasteiger partial charge on any atom is 0.303 e. The number of hydrogen-bond acceptors (Lipinski definition) is 2. The molecule has 1 heterocycles. The lowest BCUT2D eigenvalue weighted by molar-refractivity contribution is -0.137. The molecule has 5 heteroatoms. The van der Waals surface area contributed by atoms with Gasteiger partial charge < -0.3 is 10.1 Å². The van der Waals surface area contributed by atoms with Gasteiger partial charge in [0.1, 0.15) is 0 Å². The molecule has 0 atom stereocenters. The highest BCUT2D eigenvalue weighted by atomic mass is 79.9. The summed E-state index contributed by atoms with van der Waals surface area (Å²) in [6.07, 6.45) is 0.658. The van der Waals surface area contributed by atoms with Crippen molar-refractivity contribution in [3.63, 3.8) is 0 Å². The van der Waals surface area contributed by atoms with Gasteiger partial charge in [0, 0.05) is 39.5 Å². The van der Waals surface area contributed by atoms with E-state index in [-0.39, 0.29) is 18.6 Å². The lowest BCUT2D eigenvalue weighted by Gasteiger charge is -2.00. The fourth-order valence-electron chi connectivity index (χ4n) is 2.19. The van der Waals surface area contributed by atoms with Crippen molar-refractivity contribution in [1.29, 1.82) is 0 Å². The van der Waals surface area contributed by atoms with Crippen molar-refractivity contribution in [3.05, 3.63) is 33.9 Å². The fourth-order valence-corrected chi connectivity index (χ4v) is 2.55. The molecule has 4 nitrogen and oxygen atoms in total. The van der Waals surface area contributed by atoms with Gasteiger partial charge in [-0.2, -0.15) is 0 Å². The highest BCUT2D eigenvalue weighted by molar-refractivity contribution is 9.10. The van der Waals surface area contributed by atoms with Crippen molar-refractivity contribution in [2.24, 2.45) is 0 Å². The van der Waals surface area contributed by atoms with Crippen LogP contribution in [0.3, 0.4) is 0 Å². The Hall–Kier alpha value is -1.62. The Morgan fingerprint density at radius 3 is 2.74 bits per heavy atom. The molecule has 0 unspecified atom stereocenters. The van der Waals surface area contributed by atoms with Gasteiger partial charge in [-0.05, 0) is 25.5 Å². The van der Waals surface area contributed by atoms with Crippen LogP contribution in [0.2, 0.25) is 0 Å². The summed E-state index contributed by atoms with van der Waals surface area (Å²) in [5.74, 6) is -0.875. The molecule has 2 aromatic rings. The lowest BCUT2D eigenvalue weighted by Crippen LogP contribution is -2.02. The zero-order valence-corrected chi connectivity index (χ0v) is 12.1. The van der Waals surface area contributed by atoms with Crippen LogP contribution in [0.1, 0.15) is 35.3 Å². The number of carbonyl (C=O) groups excluding carboxylic acids is 1. The first-order chi connectivity index (χ1) is 8.99. The number of aromatic amines is 1. The smallest absolute Gasteiger partial charge is 0.303 e. The fraction of sp³-hybridized carbons (Fsp3) is 0.286. The molecule has 2 N–H and O–H groups in total. The van der Waals surface area contributed by atoms with Crippen molar-refractivity contribution < 1.29 is 14.7 Å². The average Bonchev–Trinajstić information content (AvgIpc) is 2.63. The summed E-state index contributed by atoms with van der Waals surface area (Å²) in [5, 5.41) is 9.48. The Balaban J connectivity index is 2.26. The van der Waals surface area contributed by atoms with Gasteiger partial charge in [-0.3, -0.25) is 9.59 Å². The molecule has 19 heavy (non-hydrogen) atoms. The number of carboxylic acids is 1. The van der Waals surface area contributed by atoms with E-state index in [1.54, 1.807) is 0 Å². The summed E-state index contributed by atoms with van der Waals surface area (Å²) in [4.78, 5) is 25.8. The number of rotatable bonds is 5. The highest BCUT2D eigenvalue weighted by Gasteiger charge is 2.16. The minimum Gasteiger partial charge on any atom is -0.481 e. The number of benzene rings is 1. The van der Waals surface area contributed by atoms with Gasteiger partial charge in [0.05, 0.1) is 0 Å². The molecule has 100 valence electrons. The third kappa shape index (κ3) is 3.04. The van der Waals surface area contributed by atoms with E-state index in [4.69, 9.17) is 5.11 Å². The Morgan fingerprint density at radius 1 is 1.32 bits per heavy atom. The molecule has 0 aliphatic rings. The second-order valence-electron chi connectivity index (χ2n) is 4.49. The standard InChI is InChI=1S/C14H14BrNO3/c1-8-14(12(17)3-2-4-13(18)19)10-6-5-9(15)7-11(10)16-8/h5-7,16H,2-4H2,1H3,(H,18,19). The molecule has 0 amide bonds. The molecule has 0 spiro atoms. The number of hydrogen-bond donors (Lipinski definition) is 2. The number of aromatic nitrogens is 1. The zero-order chi connectivity index (χ0) is 14.0. The van der Waals surface area contributed by atoms with Gasteiger partial charge in [0.15, 0.2) is 5.78 Å². The predicted molar refractivity (Wildman–Crippen MR) is 76.6 cm³/mol. The Bertz CT molecular complexity index is 645. The van der Waals surface area contributed by atoms with Crippen molar-refractivity contribution in [2.45, 2.75) is 26.2 Å². The van der Waals surface area contributed by atoms with Crippen molar-refractivity contribution >= 4 is 38.6 Å². The van der Waals surface area contributed by atoms with E-state index >= 15 is 0 Å². The number of nitrogens with one attached hydrogen (secondary N) is 1. The van der Waals surface area contributed by atoms with Crippen LogP contribution in [0.4, 0.5) is 0 Å². The number of H-pyrrole nitrogens is 1. The minimum absolute atomic E-state index is 0.00711. The van der Waals surface area contributed by atoms with Crippen molar-refractivity contribution in [1.82, 2.24) is 4.98 Å². The molecule has 0 aliphatic heterocycles. The maximum absolute atomic E-state index is 12.2. The van der Waals surface area contributed by atoms with E-state index in [0.717, 1.165) is 21.1 Å². The number of aryl methyl sites for hydroxylation is 1. The highest BCUT2D eigenvalue weighted by Crippen LogP contribution is 2.26. The number of carbonyl (C=O) groups is 2. The largest absolute Gasteiger partial charge is 0.481 e. The van der Waals surface area contributed by atoms with Gasteiger partial charge in [-0.25, -0.2) is 0 Å². The second-order valence-corrected chi connectivity index (χ2v) is 5.40. The molecule has 0 saturated carbocycles. The molecule has 2 rings (SSSR count). The summed E-state index contributed by atoms with van der Waals surface area (Å²) in [6.45, 7) is 1.86. The van der Waals surface area contributed by atoms with Crippen LogP contribution in [0.5, 0.6) is 0 Å². The van der Waals surface area contributed by atoms with E-state index in [1.807, 2.05) is 25.1 Å². The molecular weight excluding hydrogens is 310 g/mol. The molecule has 0 radical (unpaired) electrons. The Labute approximate surface area is 118 Å². The number of halogens is 1. The Morgan fingerprint density at radius 2 is 2.05 bits per heavy atom. The normalized spacial score (nSPS) is 10.8. The van der Waals surface area contributed by atoms with Gasteiger partial charge in [0.25, 0.3) is 0 Å². The van der Waals surface area contributed by atoms with E-state index in [0.29, 0.717) is 12.0 Å². The van der Waals surface area contributed by atoms with E-state index in [2.05, 4.69) is 20.9 Å². The first-order valence-corrected chi connectivity index (χ1v) is 6.81. The van der Waals surface area contributed by atoms with Gasteiger partial charge in [-0.15, -0.1) is 0 Å². The number of ketones is 1. The van der Waals surface area contributed by atoms with Crippen LogP contribution in [-0.2, 0) is 4.79 Å². The zero-order valence-electron chi connectivity index (χ0n) is 10.5. The van der Waals surface area contributed by atoms with Gasteiger partial charge >= 0.3 is 5.97 Å². The van der Waals surface area contributed by atoms with E-state index in [1.165, 1.54) is 0 Å². The number of carboxylic acid groups (broad SMARTS) is 1. The van der Waals surface area contributed by atoms with E-state index < -0.39 is 5.97 Å². The summed E-state index contributed by atoms with van der Waals surface area (Å²) in [6, 6.07) is 5.72. The topological polar surface area (TPSA) is 70.2 Å². The molecular formula is C14H14BrNO3. The van der Waals surface area contributed by atoms with Crippen LogP contribution in [-0.4, -0.2) is 21.8 Å². The molecule has 1 aromatic carbocycles. The quantitative estimate of drug-likeness (QED) is 0.824. The van der Waals surface area contributed by atoms with Crippen LogP contribution in [0.25, 0.3) is 10.9 Å². The maximum atomic E-state index is 12.2. The SMILES string of the molecule is Cc1[nH]c2cc(Br)ccc2c1C(=O)CCCC(=O)O. The van der Waals surface area contributed by atoms with Gasteiger partial charge in [0.2, 0.25) is 0 Å². The molecule has 0 fully saturated rings. The molecule has 1 aromatic heterocycles. The van der Waals surface area contributed by atoms with Gasteiger partial charge in [-0.1, -0.05) is 22.0 Å². The third-order valence-corrected chi connectivity index (χ3v) is 3.51. The summed E-state index contributed by atoms with van der Waals surface area (Å²) < 4.78 is 0.950. The van der Waals surface area contributed by atoms with Crippen LogP contribution in [0, 0.1) is 6.92 Å². The lowest BCUT2D eigenvalue weighted by atomic mass is 10.0. The summed E-state index contributed by atoms with van der Waals surface area (Å²) >= 11 is 3.39. The van der Waals surface area contributed by atoms with E-state index in [9.17, 15) is 9.59 Å². The van der Waals surface area contributed by atoms with Crippen LogP contribution >= 0.6 is 15.9 Å². The third-order valence-electron chi connectivity index (χ3n) is 3.02. The number of Topliss-reactive ketones (excluding diaryl/α,β-unsaturated/α-hetero) is 1. The average molecular weight is 324 g/mol. The van der Waals surface area contributed by atoms with Crippen molar-refractivity contribution in [2.75, 3.05) is 0 Å². The molecule has 0 aliphatic carbocycles. The minimum atomic E-state index is -0.868. The Kier molecular flexibility index (Phi) is 4.04. The molecule has 0 bridgehead atoms. The second kappa shape index (κ2) is 5.57. The predicted octanol–water partition coefficient (Wildman–Crippen LogP) is 3.68. The number of aliphatic carboxylic acids is 1. The monoisotopic (exact) mass is 323 g/mol. The van der Waals surface area contributed by atoms with Crippen molar-refractivity contribution in [3.8, 4) is 0 Å².